The largest absolute Gasteiger partial charge is 0.392 e. The summed E-state index contributed by atoms with van der Waals surface area (Å²) in [5, 5.41) is 12.3. The molecule has 0 aromatic heterocycles. The molecule has 21 heavy (non-hydrogen) atoms. The van der Waals surface area contributed by atoms with E-state index < -0.39 is 5.82 Å². The summed E-state index contributed by atoms with van der Waals surface area (Å²) in [6, 6.07) is 9.44. The Bertz CT molecular complexity index is 673. The molecule has 0 unspecified atom stereocenters. The van der Waals surface area contributed by atoms with Crippen LogP contribution in [-0.2, 0) is 13.2 Å². The lowest BCUT2D eigenvalue weighted by Gasteiger charge is -2.08. The Balaban J connectivity index is 2.05. The van der Waals surface area contributed by atoms with Crippen LogP contribution in [-0.4, -0.2) is 11.0 Å². The number of hydrogen-bond donors (Lipinski definition) is 2. The van der Waals surface area contributed by atoms with Crippen molar-refractivity contribution in [2.45, 2.75) is 20.1 Å². The van der Waals surface area contributed by atoms with Gasteiger partial charge in [-0.15, -0.1) is 0 Å². The molecule has 2 aromatic rings. The Kier molecular flexibility index (Phi) is 4.94. The lowest BCUT2D eigenvalue weighted by atomic mass is 10.1. The number of carbonyl (C=O) groups excluding carboxylic acids is 1. The van der Waals surface area contributed by atoms with Crippen molar-refractivity contribution < 1.29 is 14.3 Å². The summed E-state index contributed by atoms with van der Waals surface area (Å²) in [7, 11) is 0. The van der Waals surface area contributed by atoms with Gasteiger partial charge in [-0.05, 0) is 42.3 Å². The summed E-state index contributed by atoms with van der Waals surface area (Å²) in [5.74, 6) is -0.718. The molecule has 0 saturated heterocycles. The second-order valence-electron chi connectivity index (χ2n) is 4.73. The minimum absolute atomic E-state index is 0.208. The first-order valence-electron chi connectivity index (χ1n) is 6.44. The summed E-state index contributed by atoms with van der Waals surface area (Å²) in [6.07, 6.45) is 0. The molecule has 2 N–H and O–H groups in total. The maximum absolute atomic E-state index is 13.3. The molecule has 2 rings (SSSR count). The maximum atomic E-state index is 13.3. The molecule has 0 atom stereocenters. The van der Waals surface area contributed by atoms with Crippen molar-refractivity contribution in [2.75, 3.05) is 0 Å². The summed E-state index contributed by atoms with van der Waals surface area (Å²) in [5.41, 5.74) is 2.29. The molecule has 0 aliphatic carbocycles. The first-order chi connectivity index (χ1) is 10.0. The molecule has 0 spiro atoms. The van der Waals surface area contributed by atoms with Gasteiger partial charge in [-0.25, -0.2) is 4.39 Å². The first kappa shape index (κ1) is 15.5. The minimum Gasteiger partial charge on any atom is -0.392 e. The van der Waals surface area contributed by atoms with Gasteiger partial charge in [0.25, 0.3) is 5.91 Å². The van der Waals surface area contributed by atoms with E-state index in [4.69, 9.17) is 16.7 Å². The maximum Gasteiger partial charge on any atom is 0.251 e. The van der Waals surface area contributed by atoms with E-state index in [-0.39, 0.29) is 24.6 Å². The van der Waals surface area contributed by atoms with E-state index in [2.05, 4.69) is 5.32 Å². The zero-order valence-electron chi connectivity index (χ0n) is 11.5. The monoisotopic (exact) mass is 307 g/mol. The van der Waals surface area contributed by atoms with Crippen LogP contribution < -0.4 is 5.32 Å². The lowest BCUT2D eigenvalue weighted by Crippen LogP contribution is -2.22. The predicted molar refractivity (Wildman–Crippen MR) is 79.7 cm³/mol. The number of rotatable bonds is 4. The van der Waals surface area contributed by atoms with E-state index >= 15 is 0 Å². The smallest absolute Gasteiger partial charge is 0.251 e. The number of carbonyl (C=O) groups is 1. The zero-order chi connectivity index (χ0) is 15.4. The van der Waals surface area contributed by atoms with Gasteiger partial charge in [0.2, 0.25) is 0 Å². The zero-order valence-corrected chi connectivity index (χ0v) is 12.2. The SMILES string of the molecule is Cc1ccc(C(=O)NCc2ccc(F)c(CO)c2)cc1Cl. The van der Waals surface area contributed by atoms with Crippen molar-refractivity contribution in [3.05, 3.63) is 69.5 Å². The van der Waals surface area contributed by atoms with Crippen LogP contribution in [0.1, 0.15) is 27.0 Å². The molecule has 1 amide bonds. The minimum atomic E-state index is -0.460. The van der Waals surface area contributed by atoms with Gasteiger partial charge in [-0.3, -0.25) is 4.79 Å². The van der Waals surface area contributed by atoms with E-state index in [0.29, 0.717) is 16.1 Å². The van der Waals surface area contributed by atoms with E-state index in [1.807, 2.05) is 6.92 Å². The van der Waals surface area contributed by atoms with Gasteiger partial charge in [0.15, 0.2) is 0 Å². The topological polar surface area (TPSA) is 49.3 Å². The highest BCUT2D eigenvalue weighted by atomic mass is 35.5. The van der Waals surface area contributed by atoms with Crippen LogP contribution in [0.5, 0.6) is 0 Å². The Hall–Kier alpha value is -1.91. The second kappa shape index (κ2) is 6.70. The first-order valence-corrected chi connectivity index (χ1v) is 6.81. The molecule has 0 radical (unpaired) electrons. The van der Waals surface area contributed by atoms with Crippen LogP contribution in [0, 0.1) is 12.7 Å². The summed E-state index contributed by atoms with van der Waals surface area (Å²) in [4.78, 5) is 12.0. The fourth-order valence-electron chi connectivity index (χ4n) is 1.88. The standard InChI is InChI=1S/C16H15ClFNO2/c1-10-2-4-12(7-14(10)17)16(21)19-8-11-3-5-15(18)13(6-11)9-20/h2-7,20H,8-9H2,1H3,(H,19,21). The Morgan fingerprint density at radius 3 is 2.71 bits per heavy atom. The Labute approximate surface area is 127 Å². The number of aliphatic hydroxyl groups excluding tert-OH is 1. The third kappa shape index (κ3) is 3.80. The third-order valence-corrected chi connectivity index (χ3v) is 3.57. The summed E-state index contributed by atoms with van der Waals surface area (Å²) in [6.45, 7) is 1.73. The van der Waals surface area contributed by atoms with Crippen LogP contribution in [0.4, 0.5) is 4.39 Å². The molecule has 110 valence electrons. The average Bonchev–Trinajstić information content (AvgIpc) is 2.48. The molecule has 0 aliphatic rings. The van der Waals surface area contributed by atoms with Crippen molar-refractivity contribution in [1.82, 2.24) is 5.32 Å². The Morgan fingerprint density at radius 2 is 2.05 bits per heavy atom. The Morgan fingerprint density at radius 1 is 1.29 bits per heavy atom. The highest BCUT2D eigenvalue weighted by molar-refractivity contribution is 6.31. The highest BCUT2D eigenvalue weighted by Crippen LogP contribution is 2.17. The number of nitrogens with one attached hydrogen (secondary N) is 1. The summed E-state index contributed by atoms with van der Waals surface area (Å²) < 4.78 is 13.3. The van der Waals surface area contributed by atoms with Gasteiger partial charge in [0.05, 0.1) is 6.61 Å². The lowest BCUT2D eigenvalue weighted by molar-refractivity contribution is 0.0951. The number of aliphatic hydroxyl groups is 1. The molecule has 3 nitrogen and oxygen atoms in total. The van der Waals surface area contributed by atoms with E-state index in [9.17, 15) is 9.18 Å². The van der Waals surface area contributed by atoms with E-state index in [1.54, 1.807) is 24.3 Å². The van der Waals surface area contributed by atoms with Gasteiger partial charge in [-0.1, -0.05) is 23.7 Å². The van der Waals surface area contributed by atoms with Gasteiger partial charge in [0, 0.05) is 22.7 Å². The molecule has 0 aliphatic heterocycles. The van der Waals surface area contributed by atoms with Crippen molar-refractivity contribution in [3.8, 4) is 0 Å². The number of aryl methyl sites for hydroxylation is 1. The van der Waals surface area contributed by atoms with Gasteiger partial charge >= 0.3 is 0 Å². The van der Waals surface area contributed by atoms with Crippen molar-refractivity contribution in [2.24, 2.45) is 0 Å². The molecule has 2 aromatic carbocycles. The van der Waals surface area contributed by atoms with Gasteiger partial charge in [0.1, 0.15) is 5.82 Å². The van der Waals surface area contributed by atoms with E-state index in [1.165, 1.54) is 12.1 Å². The number of benzene rings is 2. The molecule has 0 heterocycles. The molecule has 0 saturated carbocycles. The highest BCUT2D eigenvalue weighted by Gasteiger charge is 2.08. The molecular formula is C16H15ClFNO2. The second-order valence-corrected chi connectivity index (χ2v) is 5.14. The molecular weight excluding hydrogens is 293 g/mol. The van der Waals surface area contributed by atoms with Crippen LogP contribution in [0.15, 0.2) is 36.4 Å². The van der Waals surface area contributed by atoms with Crippen molar-refractivity contribution >= 4 is 17.5 Å². The predicted octanol–water partition coefficient (Wildman–Crippen LogP) is 3.21. The van der Waals surface area contributed by atoms with Gasteiger partial charge in [-0.2, -0.15) is 0 Å². The van der Waals surface area contributed by atoms with Crippen molar-refractivity contribution in [3.63, 3.8) is 0 Å². The molecule has 0 bridgehead atoms. The average molecular weight is 308 g/mol. The molecule has 5 heteroatoms. The van der Waals surface area contributed by atoms with E-state index in [0.717, 1.165) is 5.56 Å². The summed E-state index contributed by atoms with van der Waals surface area (Å²) >= 11 is 5.98. The molecule has 0 fully saturated rings. The number of amides is 1. The quantitative estimate of drug-likeness (QED) is 0.911. The third-order valence-electron chi connectivity index (χ3n) is 3.17. The fourth-order valence-corrected chi connectivity index (χ4v) is 2.06. The number of hydrogen-bond acceptors (Lipinski definition) is 2. The van der Waals surface area contributed by atoms with Gasteiger partial charge < -0.3 is 10.4 Å². The van der Waals surface area contributed by atoms with Crippen LogP contribution >= 0.6 is 11.6 Å². The van der Waals surface area contributed by atoms with Crippen LogP contribution in [0.2, 0.25) is 5.02 Å². The normalized spacial score (nSPS) is 10.5. The van der Waals surface area contributed by atoms with Crippen LogP contribution in [0.3, 0.4) is 0 Å². The van der Waals surface area contributed by atoms with Crippen molar-refractivity contribution in [1.29, 1.82) is 0 Å². The number of halogens is 2. The fraction of sp³-hybridized carbons (Fsp3) is 0.188. The van der Waals surface area contributed by atoms with Crippen LogP contribution in [0.25, 0.3) is 0 Å².